The molecule has 0 saturated heterocycles. The molecule has 4 aromatic rings. The number of carbonyl (C=O) groups is 1. The summed E-state index contributed by atoms with van der Waals surface area (Å²) in [4.78, 5) is 12.7. The molecule has 0 aliphatic heterocycles. The Hall–Kier alpha value is -3.86. The van der Waals surface area contributed by atoms with Gasteiger partial charge in [0.25, 0.3) is 0 Å². The number of ether oxygens (including phenoxy) is 1. The highest BCUT2D eigenvalue weighted by Gasteiger charge is 2.19. The topological polar surface area (TPSA) is 51.5 Å². The third kappa shape index (κ3) is 5.46. The number of furan rings is 1. The second-order valence-corrected chi connectivity index (χ2v) is 8.70. The summed E-state index contributed by atoms with van der Waals surface area (Å²) in [6, 6.07) is 16.7. The van der Waals surface area contributed by atoms with Gasteiger partial charge in [-0.2, -0.15) is 0 Å². The number of amides is 1. The Labute approximate surface area is 205 Å². The van der Waals surface area contributed by atoms with Gasteiger partial charge in [-0.3, -0.25) is 4.79 Å². The Morgan fingerprint density at radius 1 is 1.09 bits per heavy atom. The van der Waals surface area contributed by atoms with Crippen LogP contribution in [-0.2, 0) is 11.2 Å². The van der Waals surface area contributed by atoms with E-state index in [9.17, 15) is 9.18 Å². The van der Waals surface area contributed by atoms with E-state index < -0.39 is 0 Å². The number of halogens is 1. The molecule has 1 aromatic heterocycles. The SMILES string of the molecule is CCOc1c(/C(C)=C/C(=O)NCCc2ccc(F)cc2)cc2c(-c3ccc(C)cc3)coc2c1C. The van der Waals surface area contributed by atoms with Crippen molar-refractivity contribution in [3.05, 3.63) is 95.0 Å². The molecule has 0 fully saturated rings. The predicted octanol–water partition coefficient (Wildman–Crippen LogP) is 7.02. The molecule has 1 amide bonds. The second kappa shape index (κ2) is 10.6. The van der Waals surface area contributed by atoms with Crippen LogP contribution in [-0.4, -0.2) is 19.1 Å². The quantitative estimate of drug-likeness (QED) is 0.281. The summed E-state index contributed by atoms with van der Waals surface area (Å²) in [5.74, 6) is 0.269. The molecule has 1 heterocycles. The van der Waals surface area contributed by atoms with Gasteiger partial charge in [-0.25, -0.2) is 4.39 Å². The van der Waals surface area contributed by atoms with Crippen molar-refractivity contribution in [1.29, 1.82) is 0 Å². The van der Waals surface area contributed by atoms with Crippen LogP contribution in [0.5, 0.6) is 5.75 Å². The number of allylic oxidation sites excluding steroid dienone is 1. The molecule has 0 aliphatic carbocycles. The Morgan fingerprint density at radius 2 is 1.80 bits per heavy atom. The maximum Gasteiger partial charge on any atom is 0.244 e. The molecule has 0 unspecified atom stereocenters. The monoisotopic (exact) mass is 471 g/mol. The molecular formula is C30H30FNO3. The molecule has 1 N–H and O–H groups in total. The fourth-order valence-electron chi connectivity index (χ4n) is 4.20. The highest BCUT2D eigenvalue weighted by Crippen LogP contribution is 2.40. The summed E-state index contributed by atoms with van der Waals surface area (Å²) in [5.41, 5.74) is 7.59. The first-order chi connectivity index (χ1) is 16.9. The summed E-state index contributed by atoms with van der Waals surface area (Å²) < 4.78 is 25.0. The van der Waals surface area contributed by atoms with Crippen molar-refractivity contribution in [2.45, 2.75) is 34.1 Å². The van der Waals surface area contributed by atoms with E-state index in [0.717, 1.165) is 50.1 Å². The van der Waals surface area contributed by atoms with E-state index in [1.165, 1.54) is 17.7 Å². The summed E-state index contributed by atoms with van der Waals surface area (Å²) in [6.45, 7) is 8.86. The van der Waals surface area contributed by atoms with Gasteiger partial charge in [-0.15, -0.1) is 0 Å². The molecule has 0 bridgehead atoms. The first-order valence-electron chi connectivity index (χ1n) is 11.8. The minimum absolute atomic E-state index is 0.184. The molecule has 35 heavy (non-hydrogen) atoms. The van der Waals surface area contributed by atoms with Gasteiger partial charge >= 0.3 is 0 Å². The molecule has 0 aliphatic rings. The zero-order valence-corrected chi connectivity index (χ0v) is 20.6. The first-order valence-corrected chi connectivity index (χ1v) is 11.8. The molecule has 3 aromatic carbocycles. The number of nitrogens with one attached hydrogen (secondary N) is 1. The van der Waals surface area contributed by atoms with Crippen molar-refractivity contribution in [2.24, 2.45) is 0 Å². The summed E-state index contributed by atoms with van der Waals surface area (Å²) >= 11 is 0. The lowest BCUT2D eigenvalue weighted by Gasteiger charge is -2.15. The van der Waals surface area contributed by atoms with Gasteiger partial charge < -0.3 is 14.5 Å². The van der Waals surface area contributed by atoms with E-state index in [4.69, 9.17) is 9.15 Å². The average molecular weight is 472 g/mol. The number of fused-ring (bicyclic) bond motifs is 1. The largest absolute Gasteiger partial charge is 0.493 e. The van der Waals surface area contributed by atoms with E-state index in [0.29, 0.717) is 19.6 Å². The molecule has 4 nitrogen and oxygen atoms in total. The smallest absolute Gasteiger partial charge is 0.244 e. The van der Waals surface area contributed by atoms with Crippen molar-refractivity contribution in [1.82, 2.24) is 5.32 Å². The van der Waals surface area contributed by atoms with E-state index in [1.54, 1.807) is 24.5 Å². The fourth-order valence-corrected chi connectivity index (χ4v) is 4.20. The lowest BCUT2D eigenvalue weighted by atomic mass is 9.96. The molecule has 0 spiro atoms. The zero-order chi connectivity index (χ0) is 24.9. The third-order valence-electron chi connectivity index (χ3n) is 6.09. The zero-order valence-electron chi connectivity index (χ0n) is 20.6. The average Bonchev–Trinajstić information content (AvgIpc) is 3.27. The van der Waals surface area contributed by atoms with Gasteiger partial charge in [-0.05, 0) is 69.0 Å². The van der Waals surface area contributed by atoms with Crippen LogP contribution < -0.4 is 10.1 Å². The van der Waals surface area contributed by atoms with E-state index in [1.807, 2.05) is 26.8 Å². The predicted molar refractivity (Wildman–Crippen MR) is 139 cm³/mol. The van der Waals surface area contributed by atoms with Crippen molar-refractivity contribution in [2.75, 3.05) is 13.2 Å². The molecule has 0 saturated carbocycles. The van der Waals surface area contributed by atoms with Crippen molar-refractivity contribution in [3.8, 4) is 16.9 Å². The minimum Gasteiger partial charge on any atom is -0.493 e. The molecular weight excluding hydrogens is 441 g/mol. The van der Waals surface area contributed by atoms with Gasteiger partial charge in [0.1, 0.15) is 17.1 Å². The molecule has 5 heteroatoms. The van der Waals surface area contributed by atoms with Crippen molar-refractivity contribution in [3.63, 3.8) is 0 Å². The highest BCUT2D eigenvalue weighted by molar-refractivity contribution is 6.01. The summed E-state index contributed by atoms with van der Waals surface area (Å²) in [7, 11) is 0. The number of hydrogen-bond donors (Lipinski definition) is 1. The van der Waals surface area contributed by atoms with Gasteiger partial charge in [0, 0.05) is 34.7 Å². The van der Waals surface area contributed by atoms with Crippen LogP contribution >= 0.6 is 0 Å². The van der Waals surface area contributed by atoms with E-state index in [-0.39, 0.29) is 11.7 Å². The van der Waals surface area contributed by atoms with Gasteiger partial charge in [-0.1, -0.05) is 42.0 Å². The van der Waals surface area contributed by atoms with Crippen LogP contribution in [0.25, 0.3) is 27.7 Å². The van der Waals surface area contributed by atoms with Gasteiger partial charge in [0.15, 0.2) is 0 Å². The van der Waals surface area contributed by atoms with Crippen LogP contribution in [0.2, 0.25) is 0 Å². The molecule has 0 atom stereocenters. The fraction of sp³-hybridized carbons (Fsp3) is 0.233. The molecule has 0 radical (unpaired) electrons. The summed E-state index contributed by atoms with van der Waals surface area (Å²) in [6.07, 6.45) is 4.01. The van der Waals surface area contributed by atoms with Gasteiger partial charge in [0.2, 0.25) is 5.91 Å². The standard InChI is InChI=1S/C30H30FNO3/c1-5-34-29-21(4)30-26(27(18-35-30)23-10-6-19(2)7-11-23)17-25(29)20(3)16-28(33)32-15-14-22-8-12-24(31)13-9-22/h6-13,16-18H,5,14-15H2,1-4H3,(H,32,33)/b20-16+. The Kier molecular flexibility index (Phi) is 7.35. The van der Waals surface area contributed by atoms with Crippen LogP contribution in [0.3, 0.4) is 0 Å². The van der Waals surface area contributed by atoms with Crippen molar-refractivity contribution >= 4 is 22.4 Å². The van der Waals surface area contributed by atoms with Crippen LogP contribution in [0.15, 0.2) is 71.4 Å². The van der Waals surface area contributed by atoms with E-state index >= 15 is 0 Å². The molecule has 180 valence electrons. The maximum absolute atomic E-state index is 13.1. The normalized spacial score (nSPS) is 11.6. The van der Waals surface area contributed by atoms with E-state index in [2.05, 4.69) is 36.5 Å². The Bertz CT molecular complexity index is 1370. The highest BCUT2D eigenvalue weighted by atomic mass is 19.1. The number of rotatable bonds is 8. The minimum atomic E-state index is -0.267. The maximum atomic E-state index is 13.1. The van der Waals surface area contributed by atoms with Crippen LogP contribution in [0.1, 0.15) is 36.1 Å². The Morgan fingerprint density at radius 3 is 2.49 bits per heavy atom. The third-order valence-corrected chi connectivity index (χ3v) is 6.09. The summed E-state index contributed by atoms with van der Waals surface area (Å²) in [5, 5.41) is 3.90. The van der Waals surface area contributed by atoms with Crippen LogP contribution in [0, 0.1) is 19.7 Å². The number of carbonyl (C=O) groups excluding carboxylic acids is 1. The Balaban J connectivity index is 1.62. The first kappa shape index (κ1) is 24.3. The van der Waals surface area contributed by atoms with Gasteiger partial charge in [0.05, 0.1) is 12.9 Å². The molecule has 4 rings (SSSR count). The lowest BCUT2D eigenvalue weighted by Crippen LogP contribution is -2.23. The van der Waals surface area contributed by atoms with Crippen molar-refractivity contribution < 1.29 is 18.3 Å². The number of aryl methyl sites for hydroxylation is 2. The number of benzene rings is 3. The lowest BCUT2D eigenvalue weighted by molar-refractivity contribution is -0.116. The number of hydrogen-bond acceptors (Lipinski definition) is 3. The second-order valence-electron chi connectivity index (χ2n) is 8.70. The van der Waals surface area contributed by atoms with Crippen LogP contribution in [0.4, 0.5) is 4.39 Å².